The summed E-state index contributed by atoms with van der Waals surface area (Å²) in [5, 5.41) is 3.00. The second-order valence-corrected chi connectivity index (χ2v) is 9.74. The first-order valence-electron chi connectivity index (χ1n) is 10.7. The number of amides is 1. The van der Waals surface area contributed by atoms with Gasteiger partial charge >= 0.3 is 0 Å². The van der Waals surface area contributed by atoms with Crippen molar-refractivity contribution < 1.29 is 22.3 Å². The molecular weight excluding hydrogens is 443 g/mol. The summed E-state index contributed by atoms with van der Waals surface area (Å²) in [5.74, 6) is -0.190. The van der Waals surface area contributed by atoms with Crippen LogP contribution in [0.4, 0.5) is 10.1 Å². The average molecular weight is 469 g/mol. The lowest BCUT2D eigenvalue weighted by atomic mass is 9.87. The molecule has 0 radical (unpaired) electrons. The number of fused-ring (bicyclic) bond motifs is 1. The van der Waals surface area contributed by atoms with Crippen molar-refractivity contribution in [3.8, 4) is 5.75 Å². The Labute approximate surface area is 193 Å². The van der Waals surface area contributed by atoms with Gasteiger partial charge in [0, 0.05) is 0 Å². The van der Waals surface area contributed by atoms with Gasteiger partial charge in [0.1, 0.15) is 18.1 Å². The van der Waals surface area contributed by atoms with E-state index in [2.05, 4.69) is 5.32 Å². The van der Waals surface area contributed by atoms with Gasteiger partial charge in [-0.25, -0.2) is 12.8 Å². The molecule has 3 aromatic carbocycles. The highest BCUT2D eigenvalue weighted by Crippen LogP contribution is 2.32. The lowest BCUT2D eigenvalue weighted by Crippen LogP contribution is -2.42. The van der Waals surface area contributed by atoms with Gasteiger partial charge in [-0.3, -0.25) is 9.10 Å². The summed E-state index contributed by atoms with van der Waals surface area (Å²) in [4.78, 5) is 13.0. The van der Waals surface area contributed by atoms with Crippen molar-refractivity contribution in [3.05, 3.63) is 89.7 Å². The third kappa shape index (κ3) is 5.01. The van der Waals surface area contributed by atoms with Crippen molar-refractivity contribution in [1.29, 1.82) is 0 Å². The molecule has 0 bridgehead atoms. The largest absolute Gasteiger partial charge is 0.497 e. The molecule has 0 saturated carbocycles. The zero-order chi connectivity index (χ0) is 23.4. The van der Waals surface area contributed by atoms with Crippen LogP contribution in [0.3, 0.4) is 0 Å². The van der Waals surface area contributed by atoms with Crippen LogP contribution in [0.25, 0.3) is 0 Å². The number of ether oxygens (including phenoxy) is 1. The summed E-state index contributed by atoms with van der Waals surface area (Å²) in [5.41, 5.74) is 2.48. The maximum absolute atomic E-state index is 13.4. The summed E-state index contributed by atoms with van der Waals surface area (Å²) >= 11 is 0. The van der Waals surface area contributed by atoms with Crippen molar-refractivity contribution >= 4 is 21.6 Å². The number of benzene rings is 3. The predicted octanol–water partition coefficient (Wildman–Crippen LogP) is 4.22. The van der Waals surface area contributed by atoms with Crippen molar-refractivity contribution in [2.75, 3.05) is 18.0 Å². The van der Waals surface area contributed by atoms with Crippen LogP contribution < -0.4 is 14.4 Å². The Balaban J connectivity index is 1.59. The second-order valence-electron chi connectivity index (χ2n) is 7.88. The summed E-state index contributed by atoms with van der Waals surface area (Å²) in [7, 11) is -2.47. The van der Waals surface area contributed by atoms with E-state index < -0.39 is 28.3 Å². The van der Waals surface area contributed by atoms with Gasteiger partial charge < -0.3 is 10.1 Å². The van der Waals surface area contributed by atoms with Crippen LogP contribution in [0, 0.1) is 5.82 Å². The molecule has 1 N–H and O–H groups in total. The van der Waals surface area contributed by atoms with Gasteiger partial charge in [-0.05, 0) is 78.9 Å². The van der Waals surface area contributed by atoms with Gasteiger partial charge in [0.25, 0.3) is 10.0 Å². The Bertz CT molecular complexity index is 1230. The van der Waals surface area contributed by atoms with E-state index >= 15 is 0 Å². The molecule has 0 aromatic heterocycles. The standard InChI is InChI=1S/C25H25FN2O4S/c1-32-21-12-15-23-18(16-21)6-5-9-24(23)27-25(29)17-28(20-7-3-2-4-8-20)33(30,31)22-13-10-19(26)11-14-22/h2-4,7-8,10-16,24H,5-6,9,17H2,1H3,(H,27,29). The molecule has 0 aliphatic heterocycles. The summed E-state index contributed by atoms with van der Waals surface area (Å²) in [6.07, 6.45) is 2.57. The van der Waals surface area contributed by atoms with Gasteiger partial charge in [-0.1, -0.05) is 24.3 Å². The Morgan fingerprint density at radius 3 is 2.52 bits per heavy atom. The number of aryl methyl sites for hydroxylation is 1. The number of nitrogens with zero attached hydrogens (tertiary/aromatic N) is 1. The molecule has 8 heteroatoms. The molecule has 0 spiro atoms. The molecule has 1 atom stereocenters. The first kappa shape index (κ1) is 22.8. The number of rotatable bonds is 7. The number of nitrogens with one attached hydrogen (secondary N) is 1. The monoisotopic (exact) mass is 468 g/mol. The number of carbonyl (C=O) groups is 1. The molecule has 1 amide bonds. The third-order valence-electron chi connectivity index (χ3n) is 5.73. The lowest BCUT2D eigenvalue weighted by Gasteiger charge is -2.29. The number of hydrogen-bond donors (Lipinski definition) is 1. The van der Waals surface area contributed by atoms with Crippen LogP contribution >= 0.6 is 0 Å². The fraction of sp³-hybridized carbons (Fsp3) is 0.240. The van der Waals surface area contributed by atoms with E-state index in [9.17, 15) is 17.6 Å². The highest BCUT2D eigenvalue weighted by Gasteiger charge is 2.29. The van der Waals surface area contributed by atoms with Gasteiger partial charge in [0.2, 0.25) is 5.91 Å². The number of anilines is 1. The zero-order valence-electron chi connectivity index (χ0n) is 18.2. The van der Waals surface area contributed by atoms with E-state index in [-0.39, 0.29) is 10.9 Å². The van der Waals surface area contributed by atoms with Crippen LogP contribution in [0.1, 0.15) is 30.0 Å². The normalized spacial score (nSPS) is 15.4. The maximum atomic E-state index is 13.4. The van der Waals surface area contributed by atoms with Gasteiger partial charge in [-0.2, -0.15) is 0 Å². The zero-order valence-corrected chi connectivity index (χ0v) is 19.0. The molecule has 3 aromatic rings. The van der Waals surface area contributed by atoms with Crippen LogP contribution in [0.5, 0.6) is 5.75 Å². The molecule has 1 unspecified atom stereocenters. The summed E-state index contributed by atoms with van der Waals surface area (Å²) in [6.45, 7) is -0.397. The molecule has 1 aliphatic carbocycles. The molecule has 1 aliphatic rings. The van der Waals surface area contributed by atoms with Gasteiger partial charge in [0.05, 0.1) is 23.7 Å². The molecule has 33 heavy (non-hydrogen) atoms. The Morgan fingerprint density at radius 1 is 1.09 bits per heavy atom. The van der Waals surface area contributed by atoms with Crippen LogP contribution in [-0.2, 0) is 21.2 Å². The molecule has 4 rings (SSSR count). The minimum absolute atomic E-state index is 0.0874. The quantitative estimate of drug-likeness (QED) is 0.563. The highest BCUT2D eigenvalue weighted by atomic mass is 32.2. The van der Waals surface area contributed by atoms with E-state index in [0.29, 0.717) is 5.69 Å². The maximum Gasteiger partial charge on any atom is 0.264 e. The highest BCUT2D eigenvalue weighted by molar-refractivity contribution is 7.92. The number of carbonyl (C=O) groups excluding carboxylic acids is 1. The number of halogens is 1. The molecular formula is C25H25FN2O4S. The first-order chi connectivity index (χ1) is 15.9. The first-order valence-corrected chi connectivity index (χ1v) is 12.1. The molecule has 0 heterocycles. The van der Waals surface area contributed by atoms with Crippen molar-refractivity contribution in [1.82, 2.24) is 5.32 Å². The average Bonchev–Trinajstić information content (AvgIpc) is 2.83. The fourth-order valence-corrected chi connectivity index (χ4v) is 5.50. The second kappa shape index (κ2) is 9.62. The molecule has 0 fully saturated rings. The van der Waals surface area contributed by atoms with Gasteiger partial charge in [0.15, 0.2) is 0 Å². The predicted molar refractivity (Wildman–Crippen MR) is 124 cm³/mol. The van der Waals surface area contributed by atoms with E-state index in [1.165, 1.54) is 12.1 Å². The number of para-hydroxylation sites is 1. The topological polar surface area (TPSA) is 75.7 Å². The van der Waals surface area contributed by atoms with Crippen LogP contribution in [0.15, 0.2) is 77.7 Å². The van der Waals surface area contributed by atoms with Crippen LogP contribution in [-0.4, -0.2) is 28.0 Å². The number of methoxy groups -OCH3 is 1. The van der Waals surface area contributed by atoms with E-state index in [1.54, 1.807) is 37.4 Å². The van der Waals surface area contributed by atoms with Crippen LogP contribution in [0.2, 0.25) is 0 Å². The third-order valence-corrected chi connectivity index (χ3v) is 7.52. The summed E-state index contributed by atoms with van der Waals surface area (Å²) in [6, 6.07) is 18.5. The van der Waals surface area contributed by atoms with Gasteiger partial charge in [-0.15, -0.1) is 0 Å². The number of sulfonamides is 1. The number of hydrogen-bond acceptors (Lipinski definition) is 4. The SMILES string of the molecule is COc1ccc2c(c1)CCCC2NC(=O)CN(c1ccccc1)S(=O)(=O)c1ccc(F)cc1. The molecule has 6 nitrogen and oxygen atoms in total. The van der Waals surface area contributed by atoms with Crippen molar-refractivity contribution in [2.24, 2.45) is 0 Å². The molecule has 172 valence electrons. The minimum Gasteiger partial charge on any atom is -0.497 e. The fourth-order valence-electron chi connectivity index (χ4n) is 4.08. The lowest BCUT2D eigenvalue weighted by molar-refractivity contribution is -0.120. The molecule has 0 saturated heterocycles. The van der Waals surface area contributed by atoms with E-state index in [1.807, 2.05) is 18.2 Å². The smallest absolute Gasteiger partial charge is 0.264 e. The summed E-state index contributed by atoms with van der Waals surface area (Å²) < 4.78 is 46.4. The van der Waals surface area contributed by atoms with E-state index in [4.69, 9.17) is 4.74 Å². The van der Waals surface area contributed by atoms with Crippen molar-refractivity contribution in [2.45, 2.75) is 30.2 Å². The Morgan fingerprint density at radius 2 is 1.82 bits per heavy atom. The van der Waals surface area contributed by atoms with Crippen molar-refractivity contribution in [3.63, 3.8) is 0 Å². The Hall–Kier alpha value is -3.39. The Kier molecular flexibility index (Phi) is 6.65. The van der Waals surface area contributed by atoms with E-state index in [0.717, 1.165) is 52.6 Å². The minimum atomic E-state index is -4.09.